The molecule has 1 aliphatic rings. The minimum Gasteiger partial charge on any atom is -0.489 e. The van der Waals surface area contributed by atoms with Gasteiger partial charge in [-0.15, -0.1) is 11.6 Å². The number of nitriles is 1. The zero-order valence-corrected chi connectivity index (χ0v) is 25.4. The number of nitrogens with zero attached hydrogens (tertiary/aromatic N) is 4. The second-order valence-corrected chi connectivity index (χ2v) is 12.6. The fraction of sp³-hybridized carbons (Fsp3) is 0.393. The summed E-state index contributed by atoms with van der Waals surface area (Å²) in [7, 11) is -3.55. The molecule has 0 saturated carbocycles. The van der Waals surface area contributed by atoms with Gasteiger partial charge in [0.15, 0.2) is 5.75 Å². The molecule has 41 heavy (non-hydrogen) atoms. The molecule has 0 radical (unpaired) electrons. The van der Waals surface area contributed by atoms with Crippen LogP contribution in [-0.4, -0.2) is 63.3 Å². The molecule has 2 heterocycles. The predicted molar refractivity (Wildman–Crippen MR) is 161 cm³/mol. The van der Waals surface area contributed by atoms with E-state index in [1.165, 1.54) is 0 Å². The van der Waals surface area contributed by atoms with Crippen LogP contribution >= 0.6 is 23.2 Å². The Kier molecular flexibility index (Phi) is 9.81. The zero-order chi connectivity index (χ0) is 29.6. The molecule has 1 aromatic heterocycles. The van der Waals surface area contributed by atoms with E-state index >= 15 is 0 Å². The predicted octanol–water partition coefficient (Wildman–Crippen LogP) is 4.31. The molecular weight excluding hydrogens is 587 g/mol. The summed E-state index contributed by atoms with van der Waals surface area (Å²) >= 11 is 12.2. The van der Waals surface area contributed by atoms with Crippen molar-refractivity contribution in [3.63, 3.8) is 0 Å². The molecule has 3 aromatic rings. The number of benzene rings is 2. The van der Waals surface area contributed by atoms with Gasteiger partial charge in [-0.3, -0.25) is 4.72 Å². The van der Waals surface area contributed by atoms with Crippen LogP contribution in [0.25, 0.3) is 0 Å². The lowest BCUT2D eigenvalue weighted by Gasteiger charge is -2.28. The first kappa shape index (κ1) is 30.7. The van der Waals surface area contributed by atoms with Gasteiger partial charge in [-0.1, -0.05) is 37.6 Å². The number of aromatic nitrogens is 2. The average Bonchev–Trinajstić information content (AvgIpc) is 2.94. The van der Waals surface area contributed by atoms with Crippen LogP contribution in [0, 0.1) is 11.3 Å². The van der Waals surface area contributed by atoms with Crippen molar-refractivity contribution in [1.29, 1.82) is 5.26 Å². The Morgan fingerprint density at radius 3 is 2.44 bits per heavy atom. The first-order chi connectivity index (χ1) is 19.5. The fourth-order valence-electron chi connectivity index (χ4n) is 4.44. The molecule has 0 spiro atoms. The molecule has 1 fully saturated rings. The number of alkyl halides is 1. The van der Waals surface area contributed by atoms with E-state index in [9.17, 15) is 13.7 Å². The summed E-state index contributed by atoms with van der Waals surface area (Å²) < 4.78 is 37.6. The Morgan fingerprint density at radius 2 is 1.80 bits per heavy atom. The summed E-state index contributed by atoms with van der Waals surface area (Å²) in [6.07, 6.45) is 1.06. The maximum Gasteiger partial charge on any atom is 0.238 e. The Balaban J connectivity index is 1.52. The third-order valence-corrected chi connectivity index (χ3v) is 7.64. The smallest absolute Gasteiger partial charge is 0.238 e. The van der Waals surface area contributed by atoms with E-state index in [1.54, 1.807) is 6.07 Å². The fourth-order valence-corrected chi connectivity index (χ4v) is 5.21. The minimum absolute atomic E-state index is 0.00806. The van der Waals surface area contributed by atoms with Gasteiger partial charge < -0.3 is 19.7 Å². The minimum atomic E-state index is -3.55. The van der Waals surface area contributed by atoms with Gasteiger partial charge in [-0.05, 0) is 35.4 Å². The highest BCUT2D eigenvalue weighted by Gasteiger charge is 2.26. The molecule has 10 nitrogen and oxygen atoms in total. The van der Waals surface area contributed by atoms with Gasteiger partial charge in [-0.25, -0.2) is 13.4 Å². The topological polar surface area (TPSA) is 129 Å². The second-order valence-electron chi connectivity index (χ2n) is 10.1. The lowest BCUT2D eigenvalue weighted by molar-refractivity contribution is 0.301. The van der Waals surface area contributed by atoms with Crippen molar-refractivity contribution in [2.45, 2.75) is 25.9 Å². The first-order valence-electron chi connectivity index (χ1n) is 13.0. The van der Waals surface area contributed by atoms with Crippen LogP contribution in [0.5, 0.6) is 11.5 Å². The van der Waals surface area contributed by atoms with Gasteiger partial charge in [-0.2, -0.15) is 10.2 Å². The van der Waals surface area contributed by atoms with Crippen LogP contribution in [0.15, 0.2) is 42.5 Å². The zero-order valence-electron chi connectivity index (χ0n) is 23.1. The molecule has 2 N–H and O–H groups in total. The van der Waals surface area contributed by atoms with Gasteiger partial charge in [0.05, 0.1) is 28.4 Å². The average molecular weight is 620 g/mol. The number of nitrogens with one attached hydrogen (secondary N) is 2. The Morgan fingerprint density at radius 1 is 1.10 bits per heavy atom. The molecule has 2 aromatic carbocycles. The molecule has 0 atom stereocenters. The number of halogens is 2. The van der Waals surface area contributed by atoms with Gasteiger partial charge in [0, 0.05) is 37.7 Å². The molecule has 1 saturated heterocycles. The van der Waals surface area contributed by atoms with Crippen molar-refractivity contribution in [3.8, 4) is 17.6 Å². The highest BCUT2D eigenvalue weighted by molar-refractivity contribution is 7.91. The largest absolute Gasteiger partial charge is 0.489 e. The van der Waals surface area contributed by atoms with Crippen molar-refractivity contribution in [2.24, 2.45) is 0 Å². The maximum atomic E-state index is 11.8. The van der Waals surface area contributed by atoms with Gasteiger partial charge in [0.2, 0.25) is 16.0 Å². The van der Waals surface area contributed by atoms with Crippen LogP contribution in [0.2, 0.25) is 5.02 Å². The van der Waals surface area contributed by atoms with Crippen molar-refractivity contribution < 1.29 is 17.9 Å². The molecule has 0 amide bonds. The van der Waals surface area contributed by atoms with Crippen LogP contribution in [0.4, 0.5) is 11.8 Å². The summed E-state index contributed by atoms with van der Waals surface area (Å²) in [4.78, 5) is 10.8. The summed E-state index contributed by atoms with van der Waals surface area (Å²) in [5, 5.41) is 13.3. The normalized spacial score (nSPS) is 13.9. The van der Waals surface area contributed by atoms with Gasteiger partial charge >= 0.3 is 0 Å². The highest BCUT2D eigenvalue weighted by atomic mass is 35.5. The summed E-state index contributed by atoms with van der Waals surface area (Å²) in [5.74, 6) is 1.88. The number of rotatable bonds is 11. The van der Waals surface area contributed by atoms with Crippen molar-refractivity contribution in [1.82, 2.24) is 15.3 Å². The van der Waals surface area contributed by atoms with Gasteiger partial charge in [0.25, 0.3) is 0 Å². The Labute approximate surface area is 250 Å². The molecule has 218 valence electrons. The lowest BCUT2D eigenvalue weighted by Crippen LogP contribution is -2.44. The molecule has 0 aliphatic carbocycles. The molecule has 4 rings (SSSR count). The molecule has 0 unspecified atom stereocenters. The standard InChI is InChI=1S/C28H32Cl2N6O4S/c1-28(2,21-14-19(17-31)26(24(30)15-21)39-13-8-29)20-4-6-23(7-5-20)40-18-22-16-25(36-11-9-32-10-12-36)34-27(33-22)35-41(3,37)38/h4-7,14-16,32H,8-13,18H2,1-3H3,(H,33,34,35). The van der Waals surface area contributed by atoms with E-state index in [4.69, 9.17) is 32.7 Å². The molecule has 1 aliphatic heterocycles. The first-order valence-corrected chi connectivity index (χ1v) is 15.8. The van der Waals surface area contributed by atoms with Crippen LogP contribution in [-0.2, 0) is 22.0 Å². The second kappa shape index (κ2) is 13.1. The highest BCUT2D eigenvalue weighted by Crippen LogP contribution is 2.38. The van der Waals surface area contributed by atoms with E-state index < -0.39 is 15.4 Å². The van der Waals surface area contributed by atoms with E-state index in [0.29, 0.717) is 33.6 Å². The third-order valence-electron chi connectivity index (χ3n) is 6.66. The third kappa shape index (κ3) is 7.92. The van der Waals surface area contributed by atoms with Crippen molar-refractivity contribution >= 4 is 45.0 Å². The van der Waals surface area contributed by atoms with E-state index in [-0.39, 0.29) is 25.0 Å². The molecule has 0 bridgehead atoms. The van der Waals surface area contributed by atoms with E-state index in [1.807, 2.05) is 50.2 Å². The monoisotopic (exact) mass is 618 g/mol. The van der Waals surface area contributed by atoms with E-state index in [2.05, 4.69) is 31.0 Å². The van der Waals surface area contributed by atoms with Crippen molar-refractivity contribution in [2.75, 3.05) is 54.5 Å². The number of anilines is 2. The summed E-state index contributed by atoms with van der Waals surface area (Å²) in [6.45, 7) is 7.57. The molecule has 13 heteroatoms. The quantitative estimate of drug-likeness (QED) is 0.302. The van der Waals surface area contributed by atoms with Gasteiger partial charge in [0.1, 0.15) is 30.9 Å². The van der Waals surface area contributed by atoms with Crippen molar-refractivity contribution in [3.05, 3.63) is 69.9 Å². The summed E-state index contributed by atoms with van der Waals surface area (Å²) in [5.41, 5.74) is 2.26. The maximum absolute atomic E-state index is 11.8. The number of hydrogen-bond acceptors (Lipinski definition) is 9. The number of sulfonamides is 1. The summed E-state index contributed by atoms with van der Waals surface area (Å²) in [6, 6.07) is 15.2. The Hall–Kier alpha value is -3.30. The SMILES string of the molecule is CC(C)(c1ccc(OCc2cc(N3CCNCC3)nc(NS(C)(=O)=O)n2)cc1)c1cc(Cl)c(OCCCl)c(C#N)c1. The molecular formula is C28H32Cl2N6O4S. The van der Waals surface area contributed by atoms with Crippen LogP contribution in [0.3, 0.4) is 0 Å². The van der Waals surface area contributed by atoms with Crippen LogP contribution < -0.4 is 24.4 Å². The Bertz CT molecular complexity index is 1520. The number of hydrogen-bond donors (Lipinski definition) is 2. The lowest BCUT2D eigenvalue weighted by atomic mass is 9.77. The number of piperazine rings is 1. The van der Waals surface area contributed by atoms with E-state index in [0.717, 1.165) is 43.6 Å². The number of ether oxygens (including phenoxy) is 2. The van der Waals surface area contributed by atoms with Crippen LogP contribution in [0.1, 0.15) is 36.2 Å².